The molecule has 0 radical (unpaired) electrons. The van der Waals surface area contributed by atoms with Crippen LogP contribution in [0.4, 0.5) is 0 Å². The lowest BCUT2D eigenvalue weighted by atomic mass is 10.4. The van der Waals surface area contributed by atoms with Crippen LogP contribution in [0.3, 0.4) is 0 Å². The molecule has 92 valence electrons. The summed E-state index contributed by atoms with van der Waals surface area (Å²) in [7, 11) is -1.66. The number of carboxylic acids is 1. The fraction of sp³-hybridized carbons (Fsp3) is 0.800. The minimum absolute atomic E-state index is 0.191. The van der Waals surface area contributed by atoms with Crippen molar-refractivity contribution in [3.8, 4) is 0 Å². The Bertz CT molecular complexity index is 312. The van der Waals surface area contributed by atoms with Crippen molar-refractivity contribution in [2.75, 3.05) is 13.1 Å². The van der Waals surface area contributed by atoms with E-state index in [-0.39, 0.29) is 5.91 Å². The average Bonchev–Trinajstić information content (AvgIpc) is 2.78. The van der Waals surface area contributed by atoms with Gasteiger partial charge >= 0.3 is 5.97 Å². The maximum absolute atomic E-state index is 11.9. The van der Waals surface area contributed by atoms with Crippen LogP contribution in [0, 0.1) is 0 Å². The Hall–Kier alpha value is -0.910. The van der Waals surface area contributed by atoms with Crippen molar-refractivity contribution in [1.82, 2.24) is 4.90 Å². The van der Waals surface area contributed by atoms with Crippen LogP contribution >= 0.6 is 0 Å². The van der Waals surface area contributed by atoms with Gasteiger partial charge in [-0.15, -0.1) is 0 Å². The molecule has 1 N–H and O–H groups in total. The summed E-state index contributed by atoms with van der Waals surface area (Å²) in [6.07, 6.45) is 1.94. The first-order valence-corrected chi connectivity index (χ1v) is 6.63. The average molecular weight is 247 g/mol. The van der Waals surface area contributed by atoms with E-state index in [1.807, 2.05) is 0 Å². The van der Waals surface area contributed by atoms with Crippen molar-refractivity contribution in [2.45, 2.75) is 37.2 Å². The van der Waals surface area contributed by atoms with Gasteiger partial charge in [0.2, 0.25) is 5.91 Å². The maximum Gasteiger partial charge on any atom is 0.319 e. The van der Waals surface area contributed by atoms with Crippen molar-refractivity contribution in [3.63, 3.8) is 0 Å². The maximum atomic E-state index is 11.9. The topological polar surface area (TPSA) is 74.7 Å². The zero-order chi connectivity index (χ0) is 12.3. The number of hydrogen-bond acceptors (Lipinski definition) is 3. The number of likely N-dealkylation sites (tertiary alicyclic amines) is 1. The lowest BCUT2D eigenvalue weighted by Gasteiger charge is -2.21. The molecule has 0 bridgehead atoms. The van der Waals surface area contributed by atoms with Gasteiger partial charge in [-0.3, -0.25) is 13.8 Å². The minimum Gasteiger partial charge on any atom is -0.480 e. The number of nitrogens with zero attached hydrogens (tertiary/aromatic N) is 1. The van der Waals surface area contributed by atoms with Crippen LogP contribution < -0.4 is 0 Å². The molecule has 0 aliphatic carbocycles. The summed E-state index contributed by atoms with van der Waals surface area (Å²) >= 11 is 0. The predicted octanol–water partition coefficient (Wildman–Crippen LogP) is 0.219. The summed E-state index contributed by atoms with van der Waals surface area (Å²) < 4.78 is 11.8. The van der Waals surface area contributed by atoms with E-state index in [0.29, 0.717) is 13.1 Å². The van der Waals surface area contributed by atoms with Crippen LogP contribution in [0.2, 0.25) is 0 Å². The van der Waals surface area contributed by atoms with Gasteiger partial charge in [0.25, 0.3) is 0 Å². The molecule has 0 aromatic carbocycles. The molecular formula is C10H17NO4S. The summed E-state index contributed by atoms with van der Waals surface area (Å²) in [6.45, 7) is 4.30. The van der Waals surface area contributed by atoms with Gasteiger partial charge in [0.05, 0.1) is 0 Å². The van der Waals surface area contributed by atoms with Gasteiger partial charge in [0.1, 0.15) is 10.5 Å². The van der Waals surface area contributed by atoms with E-state index >= 15 is 0 Å². The smallest absolute Gasteiger partial charge is 0.319 e. The Morgan fingerprint density at radius 2 is 1.69 bits per heavy atom. The molecule has 1 fully saturated rings. The molecule has 1 aliphatic rings. The van der Waals surface area contributed by atoms with Crippen LogP contribution in [0.25, 0.3) is 0 Å². The molecular weight excluding hydrogens is 230 g/mol. The molecule has 1 aliphatic heterocycles. The highest BCUT2D eigenvalue weighted by molar-refractivity contribution is 7.87. The molecule has 1 amide bonds. The van der Waals surface area contributed by atoms with Crippen molar-refractivity contribution >= 4 is 22.7 Å². The number of carboxylic acid groups (broad SMARTS) is 1. The highest BCUT2D eigenvalue weighted by Crippen LogP contribution is 2.13. The van der Waals surface area contributed by atoms with E-state index in [1.165, 1.54) is 13.8 Å². The molecule has 5 nitrogen and oxygen atoms in total. The molecule has 1 saturated heterocycles. The minimum atomic E-state index is -1.66. The first kappa shape index (κ1) is 13.2. The zero-order valence-corrected chi connectivity index (χ0v) is 10.3. The van der Waals surface area contributed by atoms with E-state index in [4.69, 9.17) is 5.11 Å². The third-order valence-electron chi connectivity index (χ3n) is 2.81. The monoisotopic (exact) mass is 247 g/mol. The van der Waals surface area contributed by atoms with Gasteiger partial charge in [0.15, 0.2) is 0 Å². The fourth-order valence-electron chi connectivity index (χ4n) is 1.70. The number of hydrogen-bond donors (Lipinski definition) is 1. The number of carbonyl (C=O) groups excluding carboxylic acids is 1. The van der Waals surface area contributed by atoms with E-state index in [1.54, 1.807) is 4.90 Å². The Kier molecular flexibility index (Phi) is 4.46. The van der Waals surface area contributed by atoms with Crippen molar-refractivity contribution in [1.29, 1.82) is 0 Å². The Morgan fingerprint density at radius 1 is 1.19 bits per heavy atom. The number of carbonyl (C=O) groups is 2. The van der Waals surface area contributed by atoms with E-state index in [2.05, 4.69) is 0 Å². The third kappa shape index (κ3) is 2.81. The third-order valence-corrected chi connectivity index (χ3v) is 4.61. The van der Waals surface area contributed by atoms with E-state index in [9.17, 15) is 13.8 Å². The van der Waals surface area contributed by atoms with Crippen LogP contribution in [0.5, 0.6) is 0 Å². The first-order valence-electron chi connectivity index (χ1n) is 5.36. The Morgan fingerprint density at radius 3 is 2.12 bits per heavy atom. The SMILES string of the molecule is CC(C(=O)O)S(=O)C(C)C(=O)N1CCCC1. The highest BCUT2D eigenvalue weighted by Gasteiger charge is 2.32. The van der Waals surface area contributed by atoms with Crippen molar-refractivity contribution in [3.05, 3.63) is 0 Å². The second kappa shape index (κ2) is 5.43. The highest BCUT2D eigenvalue weighted by atomic mass is 32.2. The summed E-state index contributed by atoms with van der Waals surface area (Å²) in [5, 5.41) is 7.00. The second-order valence-electron chi connectivity index (χ2n) is 3.98. The summed E-state index contributed by atoms with van der Waals surface area (Å²) in [5.74, 6) is -1.32. The largest absolute Gasteiger partial charge is 0.480 e. The zero-order valence-electron chi connectivity index (χ0n) is 9.51. The van der Waals surface area contributed by atoms with Gasteiger partial charge in [-0.2, -0.15) is 0 Å². The van der Waals surface area contributed by atoms with Gasteiger partial charge in [0, 0.05) is 23.9 Å². The summed E-state index contributed by atoms with van der Waals surface area (Å²) in [5.41, 5.74) is 0. The van der Waals surface area contributed by atoms with E-state index < -0.39 is 27.3 Å². The van der Waals surface area contributed by atoms with E-state index in [0.717, 1.165) is 12.8 Å². The van der Waals surface area contributed by atoms with Crippen LogP contribution in [0.1, 0.15) is 26.7 Å². The first-order chi connectivity index (χ1) is 7.45. The molecule has 3 atom stereocenters. The molecule has 1 rings (SSSR count). The summed E-state index contributed by atoms with van der Waals surface area (Å²) in [4.78, 5) is 24.2. The molecule has 16 heavy (non-hydrogen) atoms. The molecule has 0 aromatic rings. The molecule has 0 aromatic heterocycles. The predicted molar refractivity (Wildman–Crippen MR) is 60.5 cm³/mol. The normalized spacial score (nSPS) is 21.5. The Labute approximate surface area is 97.3 Å². The van der Waals surface area contributed by atoms with Gasteiger partial charge < -0.3 is 10.0 Å². The quantitative estimate of drug-likeness (QED) is 0.771. The number of amides is 1. The molecule has 0 spiro atoms. The van der Waals surface area contributed by atoms with Gasteiger partial charge in [-0.05, 0) is 26.7 Å². The molecule has 0 saturated carbocycles. The molecule has 6 heteroatoms. The number of rotatable bonds is 4. The van der Waals surface area contributed by atoms with Crippen LogP contribution in [-0.2, 0) is 20.4 Å². The van der Waals surface area contributed by atoms with Crippen molar-refractivity contribution in [2.24, 2.45) is 0 Å². The lowest BCUT2D eigenvalue weighted by molar-refractivity contribution is -0.136. The molecule has 1 heterocycles. The Balaban J connectivity index is 2.62. The summed E-state index contributed by atoms with van der Waals surface area (Å²) in [6, 6.07) is 0. The number of aliphatic carboxylic acids is 1. The fourth-order valence-corrected chi connectivity index (χ4v) is 2.86. The second-order valence-corrected chi connectivity index (χ2v) is 6.05. The van der Waals surface area contributed by atoms with Crippen LogP contribution in [-0.4, -0.2) is 49.7 Å². The van der Waals surface area contributed by atoms with Gasteiger partial charge in [-0.1, -0.05) is 0 Å². The molecule has 3 unspecified atom stereocenters. The standard InChI is InChI=1S/C10H17NO4S/c1-7(16(15)8(2)10(13)14)9(12)11-5-3-4-6-11/h7-8H,3-6H2,1-2H3,(H,13,14). The van der Waals surface area contributed by atoms with Crippen molar-refractivity contribution < 1.29 is 18.9 Å². The van der Waals surface area contributed by atoms with Gasteiger partial charge in [-0.25, -0.2) is 0 Å². The lowest BCUT2D eigenvalue weighted by Crippen LogP contribution is -2.41. The van der Waals surface area contributed by atoms with Crippen LogP contribution in [0.15, 0.2) is 0 Å².